The van der Waals surface area contributed by atoms with Gasteiger partial charge in [-0.05, 0) is 90.6 Å². The summed E-state index contributed by atoms with van der Waals surface area (Å²) in [7, 11) is -3.45. The van der Waals surface area contributed by atoms with Gasteiger partial charge in [-0.1, -0.05) is 18.6 Å². The van der Waals surface area contributed by atoms with Crippen molar-refractivity contribution in [1.82, 2.24) is 9.78 Å². The highest BCUT2D eigenvalue weighted by atomic mass is 32.2. The van der Waals surface area contributed by atoms with Gasteiger partial charge in [-0.2, -0.15) is 5.10 Å². The van der Waals surface area contributed by atoms with Crippen molar-refractivity contribution in [2.24, 2.45) is 11.3 Å². The first-order chi connectivity index (χ1) is 17.0. The Labute approximate surface area is 209 Å². The third-order valence-corrected chi connectivity index (χ3v) is 7.99. The maximum atomic E-state index is 14.3. The van der Waals surface area contributed by atoms with Crippen LogP contribution in [0.4, 0.5) is 8.78 Å². The highest BCUT2D eigenvalue weighted by Gasteiger charge is 2.46. The number of nitrogens with zero attached hydrogens (tertiary/aromatic N) is 2. The predicted octanol–water partition coefficient (Wildman–Crippen LogP) is 5.01. The van der Waals surface area contributed by atoms with E-state index >= 15 is 0 Å². The smallest absolute Gasteiger partial charge is 0.189 e. The van der Waals surface area contributed by atoms with Crippen LogP contribution in [0.5, 0.6) is 5.75 Å². The summed E-state index contributed by atoms with van der Waals surface area (Å²) in [6.45, 7) is 2.15. The van der Waals surface area contributed by atoms with E-state index in [1.165, 1.54) is 35.9 Å². The molecule has 2 aromatic carbocycles. The number of aliphatic hydroxyl groups is 1. The molecule has 3 atom stereocenters. The van der Waals surface area contributed by atoms with Crippen LogP contribution in [0.2, 0.25) is 0 Å². The lowest BCUT2D eigenvalue weighted by Crippen LogP contribution is -2.40. The summed E-state index contributed by atoms with van der Waals surface area (Å²) >= 11 is 0. The summed E-state index contributed by atoms with van der Waals surface area (Å²) in [5.41, 5.74) is 4.13. The first kappa shape index (κ1) is 24.6. The van der Waals surface area contributed by atoms with Gasteiger partial charge in [-0.3, -0.25) is 0 Å². The fourth-order valence-electron chi connectivity index (χ4n) is 5.59. The maximum absolute atomic E-state index is 14.3. The lowest BCUT2D eigenvalue weighted by atomic mass is 9.57. The quantitative estimate of drug-likeness (QED) is 0.500. The van der Waals surface area contributed by atoms with Gasteiger partial charge < -0.3 is 9.84 Å². The zero-order valence-corrected chi connectivity index (χ0v) is 20.9. The molecule has 0 saturated heterocycles. The number of benzene rings is 2. The molecule has 1 N–H and O–H groups in total. The highest BCUT2D eigenvalue weighted by Crippen LogP contribution is 2.55. The Kier molecular flexibility index (Phi) is 6.24. The topological polar surface area (TPSA) is 81.4 Å². The first-order valence-electron chi connectivity index (χ1n) is 11.9. The molecule has 0 spiro atoms. The van der Waals surface area contributed by atoms with Gasteiger partial charge in [0, 0.05) is 6.26 Å². The zero-order chi connectivity index (χ0) is 25.7. The summed E-state index contributed by atoms with van der Waals surface area (Å²) in [6, 6.07) is 10.3. The number of hydrogen-bond donors (Lipinski definition) is 1. The number of rotatable bonds is 6. The molecular formula is C27H28F2N2O4S. The lowest BCUT2D eigenvalue weighted by molar-refractivity contribution is 0.0215. The molecular weight excluding hydrogens is 486 g/mol. The fraction of sp³-hybridized carbons (Fsp3) is 0.370. The summed E-state index contributed by atoms with van der Waals surface area (Å²) in [5.74, 6) is -1.97. The van der Waals surface area contributed by atoms with Crippen LogP contribution >= 0.6 is 0 Å². The van der Waals surface area contributed by atoms with Gasteiger partial charge in [-0.15, -0.1) is 0 Å². The summed E-state index contributed by atoms with van der Waals surface area (Å²) < 4.78 is 57.6. The number of aliphatic hydroxyl groups excluding tert-OH is 1. The van der Waals surface area contributed by atoms with Gasteiger partial charge in [0.1, 0.15) is 5.82 Å². The van der Waals surface area contributed by atoms with Gasteiger partial charge in [0.15, 0.2) is 27.3 Å². The number of ether oxygens (including phenoxy) is 1. The summed E-state index contributed by atoms with van der Waals surface area (Å²) in [4.78, 5) is 0. The van der Waals surface area contributed by atoms with Crippen molar-refractivity contribution in [3.05, 3.63) is 82.7 Å². The Bertz CT molecular complexity index is 1430. The van der Waals surface area contributed by atoms with Crippen LogP contribution < -0.4 is 4.74 Å². The number of aromatic nitrogens is 2. The standard InChI is InChI=1S/C27H28F2N2O4S/c1-27-14-18-15-30-31(21-9-7-20(28)8-10-21)24(18)13-19(27)4-3-5-22(27)26(32)17-6-11-23(29)25(12-17)35-16-36(2,33)34/h6-13,15,22,26,32H,3-5,14,16H2,1-2H3/t22-,26+,27+/m1/s1. The normalized spacial score (nSPS) is 22.4. The number of halogens is 2. The zero-order valence-electron chi connectivity index (χ0n) is 20.1. The minimum atomic E-state index is -3.45. The molecule has 2 aliphatic carbocycles. The van der Waals surface area contributed by atoms with Crippen LogP contribution in [-0.4, -0.2) is 35.5 Å². The molecule has 1 fully saturated rings. The molecule has 0 amide bonds. The van der Waals surface area contributed by atoms with E-state index < -0.39 is 27.7 Å². The van der Waals surface area contributed by atoms with Crippen LogP contribution in [0.3, 0.4) is 0 Å². The molecule has 0 aliphatic heterocycles. The average Bonchev–Trinajstić information content (AvgIpc) is 3.23. The first-order valence-corrected chi connectivity index (χ1v) is 13.9. The van der Waals surface area contributed by atoms with E-state index in [1.807, 2.05) is 10.9 Å². The van der Waals surface area contributed by atoms with E-state index in [2.05, 4.69) is 18.1 Å². The molecule has 0 radical (unpaired) electrons. The van der Waals surface area contributed by atoms with Gasteiger partial charge in [0.2, 0.25) is 0 Å². The highest BCUT2D eigenvalue weighted by molar-refractivity contribution is 7.90. The lowest BCUT2D eigenvalue weighted by Gasteiger charge is -2.47. The molecule has 0 bridgehead atoms. The molecule has 5 rings (SSSR count). The van der Waals surface area contributed by atoms with E-state index in [0.717, 1.165) is 42.5 Å². The minimum Gasteiger partial charge on any atom is -0.475 e. The minimum absolute atomic E-state index is 0.145. The van der Waals surface area contributed by atoms with Crippen LogP contribution in [-0.2, 0) is 16.3 Å². The summed E-state index contributed by atoms with van der Waals surface area (Å²) in [6.07, 6.45) is 7.32. The van der Waals surface area contributed by atoms with Gasteiger partial charge >= 0.3 is 0 Å². The van der Waals surface area contributed by atoms with E-state index in [4.69, 9.17) is 4.74 Å². The van der Waals surface area contributed by atoms with Gasteiger partial charge in [-0.25, -0.2) is 21.9 Å². The third-order valence-electron chi connectivity index (χ3n) is 7.45. The number of allylic oxidation sites excluding steroid dienone is 1. The van der Waals surface area contributed by atoms with Crippen LogP contribution in [0.1, 0.15) is 49.1 Å². The van der Waals surface area contributed by atoms with Crippen molar-refractivity contribution in [2.45, 2.75) is 38.7 Å². The maximum Gasteiger partial charge on any atom is 0.189 e. The van der Waals surface area contributed by atoms with Crippen molar-refractivity contribution in [3.63, 3.8) is 0 Å². The number of fused-ring (bicyclic) bond motifs is 2. The van der Waals surface area contributed by atoms with Crippen molar-refractivity contribution in [3.8, 4) is 11.4 Å². The largest absolute Gasteiger partial charge is 0.475 e. The number of hydrogen-bond acceptors (Lipinski definition) is 5. The Morgan fingerprint density at radius 2 is 1.97 bits per heavy atom. The second-order valence-electron chi connectivity index (χ2n) is 10.0. The van der Waals surface area contributed by atoms with Crippen molar-refractivity contribution in [1.29, 1.82) is 0 Å². The molecule has 2 aliphatic rings. The van der Waals surface area contributed by atoms with Crippen molar-refractivity contribution < 1.29 is 27.0 Å². The van der Waals surface area contributed by atoms with Crippen LogP contribution in [0.15, 0.2) is 54.2 Å². The van der Waals surface area contributed by atoms with Gasteiger partial charge in [0.05, 0.1) is 23.7 Å². The van der Waals surface area contributed by atoms with E-state index in [9.17, 15) is 22.3 Å². The predicted molar refractivity (Wildman–Crippen MR) is 132 cm³/mol. The average molecular weight is 515 g/mol. The second-order valence-corrected chi connectivity index (χ2v) is 12.1. The number of sulfone groups is 1. The molecule has 6 nitrogen and oxygen atoms in total. The molecule has 1 saturated carbocycles. The van der Waals surface area contributed by atoms with Gasteiger partial charge in [0.25, 0.3) is 0 Å². The molecule has 1 heterocycles. The Morgan fingerprint density at radius 3 is 2.69 bits per heavy atom. The molecule has 1 aromatic heterocycles. The molecule has 36 heavy (non-hydrogen) atoms. The van der Waals surface area contributed by atoms with E-state index in [1.54, 1.807) is 12.1 Å². The fourth-order valence-corrected chi connectivity index (χ4v) is 5.93. The molecule has 3 aromatic rings. The monoisotopic (exact) mass is 514 g/mol. The SMILES string of the molecule is C[C@]12Cc3cnn(-c4ccc(F)cc4)c3C=C1CCC[C@@H]2[C@@H](O)c1ccc(F)c(OCS(C)(=O)=O)c1. The van der Waals surface area contributed by atoms with Crippen LogP contribution in [0.25, 0.3) is 11.8 Å². The Hall–Kier alpha value is -3.04. The Morgan fingerprint density at radius 1 is 1.22 bits per heavy atom. The molecule has 9 heteroatoms. The second kappa shape index (κ2) is 9.12. The van der Waals surface area contributed by atoms with Crippen molar-refractivity contribution in [2.75, 3.05) is 12.2 Å². The van der Waals surface area contributed by atoms with Crippen LogP contribution in [0, 0.1) is 23.0 Å². The van der Waals surface area contributed by atoms with E-state index in [-0.39, 0.29) is 22.9 Å². The molecule has 0 unspecified atom stereocenters. The molecule has 190 valence electrons. The third kappa shape index (κ3) is 4.57. The van der Waals surface area contributed by atoms with Crippen molar-refractivity contribution >= 4 is 15.9 Å². The van der Waals surface area contributed by atoms with E-state index in [0.29, 0.717) is 12.0 Å². The summed E-state index contributed by atoms with van der Waals surface area (Å²) in [5, 5.41) is 16.0. The Balaban J connectivity index is 1.45.